The van der Waals surface area contributed by atoms with Crippen molar-refractivity contribution in [3.05, 3.63) is 29.8 Å². The zero-order valence-electron chi connectivity index (χ0n) is 15.0. The number of carbonyl (C=O) groups is 1. The highest BCUT2D eigenvalue weighted by molar-refractivity contribution is 7.91. The van der Waals surface area contributed by atoms with E-state index in [1.165, 1.54) is 0 Å². The third-order valence-electron chi connectivity index (χ3n) is 5.13. The Labute approximate surface area is 149 Å². The molecule has 138 valence electrons. The molecule has 0 aliphatic carbocycles. The van der Waals surface area contributed by atoms with Crippen molar-refractivity contribution in [2.24, 2.45) is 5.92 Å². The van der Waals surface area contributed by atoms with Gasteiger partial charge in [-0.1, -0.05) is 32.0 Å². The molecule has 2 fully saturated rings. The van der Waals surface area contributed by atoms with E-state index in [2.05, 4.69) is 4.90 Å². The Hall–Kier alpha value is -1.60. The molecule has 0 aromatic heterocycles. The highest BCUT2D eigenvalue weighted by Crippen LogP contribution is 2.30. The van der Waals surface area contributed by atoms with Crippen LogP contribution in [0.3, 0.4) is 0 Å². The van der Waals surface area contributed by atoms with E-state index in [9.17, 15) is 13.2 Å². The van der Waals surface area contributed by atoms with Gasteiger partial charge in [-0.05, 0) is 6.07 Å². The van der Waals surface area contributed by atoms with Crippen LogP contribution in [-0.4, -0.2) is 67.9 Å². The first-order valence-corrected chi connectivity index (χ1v) is 10.5. The molecule has 0 spiro atoms. The summed E-state index contributed by atoms with van der Waals surface area (Å²) < 4.78 is 30.0. The lowest BCUT2D eigenvalue weighted by Crippen LogP contribution is -2.60. The van der Waals surface area contributed by atoms with Gasteiger partial charge in [-0.25, -0.2) is 8.42 Å². The molecule has 7 heteroatoms. The lowest BCUT2D eigenvalue weighted by atomic mass is 10.0. The van der Waals surface area contributed by atoms with Crippen LogP contribution in [0.5, 0.6) is 5.75 Å². The second-order valence-electron chi connectivity index (χ2n) is 7.18. The fraction of sp³-hybridized carbons (Fsp3) is 0.611. The first-order chi connectivity index (χ1) is 11.8. The Balaban J connectivity index is 1.85. The van der Waals surface area contributed by atoms with E-state index in [1.54, 1.807) is 12.0 Å². The highest BCUT2D eigenvalue weighted by atomic mass is 32.2. The van der Waals surface area contributed by atoms with Crippen molar-refractivity contribution in [3.8, 4) is 5.75 Å². The number of ether oxygens (including phenoxy) is 1. The smallest absolute Gasteiger partial charge is 0.225 e. The maximum atomic E-state index is 12.5. The minimum atomic E-state index is -3.13. The number of fused-ring (bicyclic) bond motifs is 1. The van der Waals surface area contributed by atoms with Crippen molar-refractivity contribution in [2.75, 3.05) is 31.7 Å². The van der Waals surface area contributed by atoms with Gasteiger partial charge in [0.2, 0.25) is 5.91 Å². The largest absolute Gasteiger partial charge is 0.496 e. The van der Waals surface area contributed by atoms with Gasteiger partial charge in [-0.15, -0.1) is 0 Å². The monoisotopic (exact) mass is 366 g/mol. The lowest BCUT2D eigenvalue weighted by molar-refractivity contribution is -0.140. The molecular weight excluding hydrogens is 340 g/mol. The number of sulfone groups is 1. The third kappa shape index (κ3) is 3.67. The van der Waals surface area contributed by atoms with Crippen molar-refractivity contribution in [2.45, 2.75) is 32.5 Å². The summed E-state index contributed by atoms with van der Waals surface area (Å²) in [6, 6.07) is 7.40. The van der Waals surface area contributed by atoms with Crippen LogP contribution in [0.2, 0.25) is 0 Å². The molecule has 0 N–H and O–H groups in total. The molecule has 2 heterocycles. The van der Waals surface area contributed by atoms with E-state index >= 15 is 0 Å². The Morgan fingerprint density at radius 3 is 2.56 bits per heavy atom. The standard InChI is InChI=1S/C18H26N2O4S/c1-13(2)18(21)20-9-8-19(15-11-25(22,23)12-16(15)20)10-14-6-4-5-7-17(14)24-3/h4-7,13,15-16H,8-12H2,1-3H3. The predicted molar refractivity (Wildman–Crippen MR) is 96.2 cm³/mol. The second-order valence-corrected chi connectivity index (χ2v) is 9.33. The SMILES string of the molecule is COc1ccccc1CN1CCN(C(=O)C(C)C)C2CS(=O)(=O)CC21. The van der Waals surface area contributed by atoms with Crippen molar-refractivity contribution in [1.29, 1.82) is 0 Å². The van der Waals surface area contributed by atoms with Gasteiger partial charge in [-0.3, -0.25) is 9.69 Å². The Morgan fingerprint density at radius 2 is 1.88 bits per heavy atom. The van der Waals surface area contributed by atoms with Gasteiger partial charge in [0, 0.05) is 37.2 Å². The average Bonchev–Trinajstić information content (AvgIpc) is 2.90. The van der Waals surface area contributed by atoms with E-state index < -0.39 is 9.84 Å². The summed E-state index contributed by atoms with van der Waals surface area (Å²) in [5.74, 6) is 0.919. The number of nitrogens with zero attached hydrogens (tertiary/aromatic N) is 2. The molecule has 0 saturated carbocycles. The molecular formula is C18H26N2O4S. The Morgan fingerprint density at radius 1 is 1.20 bits per heavy atom. The molecule has 1 amide bonds. The highest BCUT2D eigenvalue weighted by Gasteiger charge is 2.48. The fourth-order valence-electron chi connectivity index (χ4n) is 3.88. The minimum absolute atomic E-state index is 0.0454. The molecule has 2 saturated heterocycles. The maximum absolute atomic E-state index is 12.5. The van der Waals surface area contributed by atoms with Gasteiger partial charge < -0.3 is 9.64 Å². The number of hydrogen-bond donors (Lipinski definition) is 0. The van der Waals surface area contributed by atoms with E-state index in [1.807, 2.05) is 38.1 Å². The van der Waals surface area contributed by atoms with Gasteiger partial charge in [0.05, 0.1) is 24.7 Å². The van der Waals surface area contributed by atoms with Crippen molar-refractivity contribution in [3.63, 3.8) is 0 Å². The molecule has 2 aliphatic rings. The van der Waals surface area contributed by atoms with Crippen LogP contribution in [0.4, 0.5) is 0 Å². The van der Waals surface area contributed by atoms with Gasteiger partial charge in [0.25, 0.3) is 0 Å². The van der Waals surface area contributed by atoms with Crippen LogP contribution < -0.4 is 4.74 Å². The molecule has 2 atom stereocenters. The number of piperazine rings is 1. The Bertz CT molecular complexity index is 747. The normalized spacial score (nSPS) is 25.8. The summed E-state index contributed by atoms with van der Waals surface area (Å²) in [5.41, 5.74) is 1.04. The number of methoxy groups -OCH3 is 1. The molecule has 2 unspecified atom stereocenters. The van der Waals surface area contributed by atoms with E-state index in [0.29, 0.717) is 19.6 Å². The maximum Gasteiger partial charge on any atom is 0.225 e. The average molecular weight is 366 g/mol. The summed E-state index contributed by atoms with van der Waals surface area (Å²) in [4.78, 5) is 16.5. The number of carbonyl (C=O) groups excluding carboxylic acids is 1. The fourth-order valence-corrected chi connectivity index (χ4v) is 5.89. The lowest BCUT2D eigenvalue weighted by Gasteiger charge is -2.44. The van der Waals surface area contributed by atoms with Crippen molar-refractivity contribution in [1.82, 2.24) is 9.80 Å². The predicted octanol–water partition coefficient (Wildman–Crippen LogP) is 1.16. The zero-order valence-corrected chi connectivity index (χ0v) is 15.8. The molecule has 0 bridgehead atoms. The van der Waals surface area contributed by atoms with Gasteiger partial charge in [0.15, 0.2) is 9.84 Å². The third-order valence-corrected chi connectivity index (χ3v) is 6.83. The summed E-state index contributed by atoms with van der Waals surface area (Å²) >= 11 is 0. The summed E-state index contributed by atoms with van der Waals surface area (Å²) in [6.45, 7) is 5.60. The second kappa shape index (κ2) is 6.96. The van der Waals surface area contributed by atoms with Crippen LogP contribution in [0.25, 0.3) is 0 Å². The minimum Gasteiger partial charge on any atom is -0.496 e. The van der Waals surface area contributed by atoms with E-state index in [4.69, 9.17) is 4.74 Å². The van der Waals surface area contributed by atoms with Crippen LogP contribution in [-0.2, 0) is 21.2 Å². The quantitative estimate of drug-likeness (QED) is 0.800. The summed E-state index contributed by atoms with van der Waals surface area (Å²) in [5, 5.41) is 0. The van der Waals surface area contributed by atoms with Crippen LogP contribution in [0, 0.1) is 5.92 Å². The molecule has 6 nitrogen and oxygen atoms in total. The van der Waals surface area contributed by atoms with Gasteiger partial charge in [-0.2, -0.15) is 0 Å². The number of benzene rings is 1. The first-order valence-electron chi connectivity index (χ1n) is 8.69. The molecule has 1 aromatic carbocycles. The topological polar surface area (TPSA) is 66.9 Å². The number of para-hydroxylation sites is 1. The number of amides is 1. The van der Waals surface area contributed by atoms with Gasteiger partial charge in [0.1, 0.15) is 5.75 Å². The van der Waals surface area contributed by atoms with Gasteiger partial charge >= 0.3 is 0 Å². The molecule has 3 rings (SSSR count). The molecule has 0 radical (unpaired) electrons. The first kappa shape index (κ1) is 18.2. The van der Waals surface area contributed by atoms with E-state index in [0.717, 1.165) is 11.3 Å². The van der Waals surface area contributed by atoms with E-state index in [-0.39, 0.29) is 35.4 Å². The molecule has 1 aromatic rings. The van der Waals surface area contributed by atoms with Crippen LogP contribution in [0.15, 0.2) is 24.3 Å². The van der Waals surface area contributed by atoms with Crippen LogP contribution >= 0.6 is 0 Å². The summed E-state index contributed by atoms with van der Waals surface area (Å²) in [6.07, 6.45) is 0. The number of rotatable bonds is 4. The summed E-state index contributed by atoms with van der Waals surface area (Å²) in [7, 11) is -1.49. The molecule has 25 heavy (non-hydrogen) atoms. The van der Waals surface area contributed by atoms with Crippen molar-refractivity contribution < 1.29 is 17.9 Å². The Kier molecular flexibility index (Phi) is 5.06. The van der Waals surface area contributed by atoms with Crippen molar-refractivity contribution >= 4 is 15.7 Å². The molecule has 2 aliphatic heterocycles. The number of hydrogen-bond acceptors (Lipinski definition) is 5. The zero-order chi connectivity index (χ0) is 18.2. The van der Waals surface area contributed by atoms with Crippen LogP contribution in [0.1, 0.15) is 19.4 Å².